The number of rotatable bonds is 5. The van der Waals surface area contributed by atoms with Crippen molar-refractivity contribution in [1.82, 2.24) is 5.32 Å². The average molecular weight is 315 g/mol. The monoisotopic (exact) mass is 314 g/mol. The lowest BCUT2D eigenvalue weighted by Gasteiger charge is -2.16. The molecule has 1 unspecified atom stereocenters. The molecule has 3 nitrogen and oxygen atoms in total. The number of carbonyl (C=O) groups is 1. The van der Waals surface area contributed by atoms with Crippen LogP contribution in [0.25, 0.3) is 0 Å². The third-order valence-electron chi connectivity index (χ3n) is 2.31. The molecule has 0 fully saturated rings. The predicted molar refractivity (Wildman–Crippen MR) is 77.1 cm³/mol. The molecule has 1 amide bonds. The van der Waals surface area contributed by atoms with Gasteiger partial charge in [-0.3, -0.25) is 4.79 Å². The Labute approximate surface area is 115 Å². The zero-order valence-electron chi connectivity index (χ0n) is 9.57. The summed E-state index contributed by atoms with van der Waals surface area (Å²) >= 11 is 8.26. The average Bonchev–Trinajstić information content (AvgIpc) is 2.28. The van der Waals surface area contributed by atoms with Gasteiger partial charge in [0.05, 0.1) is 11.0 Å². The maximum Gasteiger partial charge on any atom is 0.251 e. The summed E-state index contributed by atoms with van der Waals surface area (Å²) in [4.78, 5) is 12.3. The second-order valence-corrected chi connectivity index (χ2v) is 5.11. The van der Waals surface area contributed by atoms with Gasteiger partial charge in [-0.05, 0) is 24.6 Å². The van der Waals surface area contributed by atoms with Gasteiger partial charge in [-0.1, -0.05) is 47.6 Å². The molecular formula is C12H15BrN2OS. The van der Waals surface area contributed by atoms with Crippen molar-refractivity contribution in [3.8, 4) is 0 Å². The summed E-state index contributed by atoms with van der Waals surface area (Å²) in [7, 11) is 0. The van der Waals surface area contributed by atoms with Crippen LogP contribution in [-0.2, 0) is 0 Å². The highest BCUT2D eigenvalue weighted by Gasteiger charge is 2.15. The number of hydrogen-bond donors (Lipinski definition) is 2. The van der Waals surface area contributed by atoms with E-state index in [1.54, 1.807) is 12.1 Å². The first kappa shape index (κ1) is 14.1. The highest BCUT2D eigenvalue weighted by molar-refractivity contribution is 9.10. The van der Waals surface area contributed by atoms with Crippen molar-refractivity contribution < 1.29 is 4.79 Å². The molecule has 0 aromatic heterocycles. The van der Waals surface area contributed by atoms with Crippen molar-refractivity contribution >= 4 is 39.0 Å². The van der Waals surface area contributed by atoms with Gasteiger partial charge in [0.1, 0.15) is 0 Å². The molecule has 0 aliphatic carbocycles. The zero-order valence-corrected chi connectivity index (χ0v) is 12.0. The molecule has 0 saturated heterocycles. The van der Waals surface area contributed by atoms with Gasteiger partial charge in [0.15, 0.2) is 0 Å². The summed E-state index contributed by atoms with van der Waals surface area (Å²) in [6.45, 7) is 2.02. The van der Waals surface area contributed by atoms with Crippen molar-refractivity contribution in [3.05, 3.63) is 34.3 Å². The molecule has 5 heteroatoms. The Hall–Kier alpha value is -0.940. The number of halogens is 1. The van der Waals surface area contributed by atoms with Crippen molar-refractivity contribution in [2.75, 3.05) is 0 Å². The topological polar surface area (TPSA) is 55.1 Å². The van der Waals surface area contributed by atoms with Crippen LogP contribution in [0.2, 0.25) is 0 Å². The van der Waals surface area contributed by atoms with E-state index in [9.17, 15) is 4.79 Å². The van der Waals surface area contributed by atoms with Crippen LogP contribution >= 0.6 is 28.1 Å². The minimum absolute atomic E-state index is 0.155. The van der Waals surface area contributed by atoms with E-state index in [-0.39, 0.29) is 11.9 Å². The van der Waals surface area contributed by atoms with Gasteiger partial charge in [-0.2, -0.15) is 0 Å². The Morgan fingerprint density at radius 1 is 1.59 bits per heavy atom. The quantitative estimate of drug-likeness (QED) is 0.821. The van der Waals surface area contributed by atoms with Gasteiger partial charge < -0.3 is 11.1 Å². The molecular weight excluding hydrogens is 300 g/mol. The summed E-state index contributed by atoms with van der Waals surface area (Å²) in [6.07, 6.45) is 1.68. The Bertz CT molecular complexity index is 423. The number of carbonyl (C=O) groups excluding carboxylic acids is 1. The van der Waals surface area contributed by atoms with Crippen LogP contribution in [0.15, 0.2) is 28.7 Å². The largest absolute Gasteiger partial charge is 0.392 e. The van der Waals surface area contributed by atoms with Gasteiger partial charge in [0, 0.05) is 10.0 Å². The first-order valence-corrected chi connectivity index (χ1v) is 6.60. The van der Waals surface area contributed by atoms with E-state index in [0.29, 0.717) is 10.6 Å². The van der Waals surface area contributed by atoms with E-state index in [1.807, 2.05) is 19.1 Å². The van der Waals surface area contributed by atoms with Crippen molar-refractivity contribution in [1.29, 1.82) is 0 Å². The molecule has 92 valence electrons. The predicted octanol–water partition coefficient (Wildman–Crippen LogP) is 2.63. The Kier molecular flexibility index (Phi) is 5.58. The molecule has 0 radical (unpaired) electrons. The molecule has 1 rings (SSSR count). The number of nitrogens with two attached hydrogens (primary N) is 1. The van der Waals surface area contributed by atoms with Gasteiger partial charge in [-0.15, -0.1) is 0 Å². The summed E-state index contributed by atoms with van der Waals surface area (Å²) in [5.74, 6) is -0.155. The third kappa shape index (κ3) is 4.44. The second-order valence-electron chi connectivity index (χ2n) is 3.73. The first-order valence-electron chi connectivity index (χ1n) is 5.40. The van der Waals surface area contributed by atoms with Crippen molar-refractivity contribution in [2.24, 2.45) is 5.73 Å². The van der Waals surface area contributed by atoms with Crippen LogP contribution in [0.5, 0.6) is 0 Å². The first-order chi connectivity index (χ1) is 8.04. The molecule has 0 aliphatic heterocycles. The van der Waals surface area contributed by atoms with Crippen LogP contribution < -0.4 is 11.1 Å². The standard InChI is InChI=1S/C12H15BrN2OS/c1-2-4-10(11(14)17)15-12(16)8-5-3-6-9(13)7-8/h3,5-7,10H,2,4H2,1H3,(H2,14,17)(H,15,16). The number of amides is 1. The summed E-state index contributed by atoms with van der Waals surface area (Å²) < 4.78 is 0.868. The molecule has 0 aliphatic rings. The van der Waals surface area contributed by atoms with E-state index in [4.69, 9.17) is 18.0 Å². The molecule has 1 aromatic carbocycles. The number of thiocarbonyl (C=S) groups is 1. The van der Waals surface area contributed by atoms with E-state index in [0.717, 1.165) is 17.3 Å². The molecule has 0 bridgehead atoms. The maximum atomic E-state index is 11.9. The van der Waals surface area contributed by atoms with Gasteiger partial charge in [0.2, 0.25) is 0 Å². The lowest BCUT2D eigenvalue weighted by Crippen LogP contribution is -2.43. The Morgan fingerprint density at radius 3 is 2.82 bits per heavy atom. The molecule has 0 saturated carbocycles. The molecule has 0 heterocycles. The van der Waals surface area contributed by atoms with Gasteiger partial charge >= 0.3 is 0 Å². The summed E-state index contributed by atoms with van der Waals surface area (Å²) in [6, 6.07) is 6.96. The van der Waals surface area contributed by atoms with Crippen molar-refractivity contribution in [3.63, 3.8) is 0 Å². The Balaban J connectivity index is 2.73. The molecule has 1 aromatic rings. The van der Waals surface area contributed by atoms with E-state index in [1.165, 1.54) is 0 Å². The number of benzene rings is 1. The van der Waals surface area contributed by atoms with Gasteiger partial charge in [-0.25, -0.2) is 0 Å². The van der Waals surface area contributed by atoms with E-state index in [2.05, 4.69) is 21.2 Å². The van der Waals surface area contributed by atoms with Crippen molar-refractivity contribution in [2.45, 2.75) is 25.8 Å². The minimum atomic E-state index is -0.235. The number of hydrogen-bond acceptors (Lipinski definition) is 2. The minimum Gasteiger partial charge on any atom is -0.392 e. The smallest absolute Gasteiger partial charge is 0.251 e. The van der Waals surface area contributed by atoms with Crippen LogP contribution in [0.3, 0.4) is 0 Å². The Morgan fingerprint density at radius 2 is 2.29 bits per heavy atom. The SMILES string of the molecule is CCCC(NC(=O)c1cccc(Br)c1)C(N)=S. The van der Waals surface area contributed by atoms with E-state index < -0.39 is 0 Å². The fourth-order valence-electron chi connectivity index (χ4n) is 1.45. The zero-order chi connectivity index (χ0) is 12.8. The molecule has 3 N–H and O–H groups in total. The number of nitrogens with one attached hydrogen (secondary N) is 1. The maximum absolute atomic E-state index is 11.9. The highest BCUT2D eigenvalue weighted by Crippen LogP contribution is 2.12. The van der Waals surface area contributed by atoms with Crippen LogP contribution in [-0.4, -0.2) is 16.9 Å². The van der Waals surface area contributed by atoms with Crippen LogP contribution in [0, 0.1) is 0 Å². The molecule has 1 atom stereocenters. The van der Waals surface area contributed by atoms with Crippen LogP contribution in [0.1, 0.15) is 30.1 Å². The lowest BCUT2D eigenvalue weighted by atomic mass is 10.1. The normalized spacial score (nSPS) is 11.9. The molecule has 0 spiro atoms. The summed E-state index contributed by atoms with van der Waals surface area (Å²) in [5, 5.41) is 2.83. The molecule has 17 heavy (non-hydrogen) atoms. The fraction of sp³-hybridized carbons (Fsp3) is 0.333. The second kappa shape index (κ2) is 6.71. The third-order valence-corrected chi connectivity index (χ3v) is 3.09. The summed E-state index contributed by atoms with van der Waals surface area (Å²) in [5.41, 5.74) is 6.18. The van der Waals surface area contributed by atoms with Gasteiger partial charge in [0.25, 0.3) is 5.91 Å². The fourth-order valence-corrected chi connectivity index (χ4v) is 2.02. The lowest BCUT2D eigenvalue weighted by molar-refractivity contribution is 0.0945. The van der Waals surface area contributed by atoms with Crippen LogP contribution in [0.4, 0.5) is 0 Å². The highest BCUT2D eigenvalue weighted by atomic mass is 79.9. The van der Waals surface area contributed by atoms with E-state index >= 15 is 0 Å².